The van der Waals surface area contributed by atoms with Crippen molar-refractivity contribution in [2.75, 3.05) is 0 Å². The average Bonchev–Trinajstić information content (AvgIpc) is 2.48. The summed E-state index contributed by atoms with van der Waals surface area (Å²) in [4.78, 5) is 20.2. The van der Waals surface area contributed by atoms with Gasteiger partial charge in [0, 0.05) is 27.9 Å². The molecule has 8 heteroatoms. The number of nitrogens with two attached hydrogens (primary N) is 1. The van der Waals surface area contributed by atoms with Gasteiger partial charge in [-0.1, -0.05) is 17.7 Å². The monoisotopic (exact) mass is 335 g/mol. The molecule has 0 spiro atoms. The lowest BCUT2D eigenvalue weighted by molar-refractivity contribution is -0.385. The molecule has 2 aromatic carbocycles. The van der Waals surface area contributed by atoms with Crippen LogP contribution in [-0.4, -0.2) is 21.6 Å². The summed E-state index contributed by atoms with van der Waals surface area (Å²) in [5.74, 6) is -0.878. The summed E-state index contributed by atoms with van der Waals surface area (Å²) in [7, 11) is 0. The minimum atomic E-state index is -0.679. The fourth-order valence-electron chi connectivity index (χ4n) is 1.60. The van der Waals surface area contributed by atoms with E-state index in [1.807, 2.05) is 0 Å². The molecule has 1 amide bonds. The zero-order chi connectivity index (χ0) is 17.6. The number of nitrogens with one attached hydrogen (secondary N) is 1. The molecule has 4 N–H and O–H groups in total. The Kier molecular flexibility index (Phi) is 6.23. The largest absolute Gasteiger partial charge is 0.502 e. The maximum atomic E-state index is 10.5. The Morgan fingerprint density at radius 1 is 1.26 bits per heavy atom. The van der Waals surface area contributed by atoms with Crippen LogP contribution in [0.4, 0.5) is 5.69 Å². The first kappa shape index (κ1) is 18.1. The number of nitro benzene ring substituents is 1. The second kappa shape index (κ2) is 7.90. The van der Waals surface area contributed by atoms with E-state index < -0.39 is 16.6 Å². The summed E-state index contributed by atoms with van der Waals surface area (Å²) in [6.45, 7) is 1.46. The van der Waals surface area contributed by atoms with E-state index in [9.17, 15) is 20.0 Å². The number of amides is 1. The van der Waals surface area contributed by atoms with E-state index in [1.54, 1.807) is 24.3 Å². The van der Waals surface area contributed by atoms with Crippen LogP contribution in [0.1, 0.15) is 22.8 Å². The number of halogens is 1. The van der Waals surface area contributed by atoms with Gasteiger partial charge in [0.15, 0.2) is 0 Å². The van der Waals surface area contributed by atoms with Crippen molar-refractivity contribution in [3.63, 3.8) is 0 Å². The number of nitrogens with zero attached hydrogens (tertiary/aromatic N) is 1. The topological polar surface area (TPSA) is 130 Å². The van der Waals surface area contributed by atoms with E-state index in [4.69, 9.17) is 22.7 Å². The SMILES string of the molecule is CC(=N)c1cccc([N+](=O)[O-])c1O.NC(=O)c1ccc(Cl)cc1. The van der Waals surface area contributed by atoms with E-state index in [2.05, 4.69) is 0 Å². The summed E-state index contributed by atoms with van der Waals surface area (Å²) >= 11 is 5.56. The van der Waals surface area contributed by atoms with Gasteiger partial charge in [-0.2, -0.15) is 0 Å². The molecule has 7 nitrogen and oxygen atoms in total. The summed E-state index contributed by atoms with van der Waals surface area (Å²) in [6.07, 6.45) is 0. The number of hydrogen-bond acceptors (Lipinski definition) is 5. The highest BCUT2D eigenvalue weighted by atomic mass is 35.5. The van der Waals surface area contributed by atoms with E-state index in [-0.39, 0.29) is 17.0 Å². The molecule has 0 saturated carbocycles. The average molecular weight is 336 g/mol. The Bertz CT molecular complexity index is 713. The predicted octanol–water partition coefficient (Wildman–Crippen LogP) is 3.13. The van der Waals surface area contributed by atoms with Crippen molar-refractivity contribution in [3.8, 4) is 5.75 Å². The number of nitro groups is 1. The molecule has 0 saturated heterocycles. The van der Waals surface area contributed by atoms with Crippen LogP contribution in [0.25, 0.3) is 0 Å². The third-order valence-electron chi connectivity index (χ3n) is 2.74. The van der Waals surface area contributed by atoms with Crippen LogP contribution in [-0.2, 0) is 0 Å². The van der Waals surface area contributed by atoms with Crippen molar-refractivity contribution in [2.45, 2.75) is 6.92 Å². The lowest BCUT2D eigenvalue weighted by Crippen LogP contribution is -2.10. The lowest BCUT2D eigenvalue weighted by Gasteiger charge is -2.01. The van der Waals surface area contributed by atoms with Crippen molar-refractivity contribution in [1.29, 1.82) is 5.41 Å². The van der Waals surface area contributed by atoms with Gasteiger partial charge in [0.2, 0.25) is 11.7 Å². The number of para-hydroxylation sites is 1. The first-order valence-electron chi connectivity index (χ1n) is 6.31. The Morgan fingerprint density at radius 3 is 2.26 bits per heavy atom. The molecule has 0 aliphatic carbocycles. The predicted molar refractivity (Wildman–Crippen MR) is 87.2 cm³/mol. The number of carbonyl (C=O) groups excluding carboxylic acids is 1. The molecule has 0 aromatic heterocycles. The van der Waals surface area contributed by atoms with Crippen LogP contribution < -0.4 is 5.73 Å². The number of phenols is 1. The number of phenolic OH excluding ortho intramolecular Hbond substituents is 1. The molecule has 23 heavy (non-hydrogen) atoms. The molecule has 0 heterocycles. The van der Waals surface area contributed by atoms with Crippen molar-refractivity contribution in [1.82, 2.24) is 0 Å². The van der Waals surface area contributed by atoms with E-state index >= 15 is 0 Å². The van der Waals surface area contributed by atoms with Crippen LogP contribution in [0.3, 0.4) is 0 Å². The zero-order valence-electron chi connectivity index (χ0n) is 12.1. The molecule has 0 unspecified atom stereocenters. The summed E-state index contributed by atoms with van der Waals surface area (Å²) in [5.41, 5.74) is 5.37. The first-order valence-corrected chi connectivity index (χ1v) is 6.69. The van der Waals surface area contributed by atoms with Crippen LogP contribution >= 0.6 is 11.6 Å². The Labute approximate surface area is 137 Å². The van der Waals surface area contributed by atoms with Crippen LogP contribution in [0.2, 0.25) is 5.02 Å². The van der Waals surface area contributed by atoms with Crippen LogP contribution in [0, 0.1) is 15.5 Å². The summed E-state index contributed by atoms with van der Waals surface area (Å²) < 4.78 is 0. The van der Waals surface area contributed by atoms with E-state index in [0.717, 1.165) is 0 Å². The van der Waals surface area contributed by atoms with Gasteiger partial charge in [0.1, 0.15) is 0 Å². The van der Waals surface area contributed by atoms with Gasteiger partial charge >= 0.3 is 5.69 Å². The molecule has 0 atom stereocenters. The number of carbonyl (C=O) groups is 1. The van der Waals surface area contributed by atoms with Gasteiger partial charge < -0.3 is 16.2 Å². The second-order valence-electron chi connectivity index (χ2n) is 4.43. The maximum absolute atomic E-state index is 10.5. The van der Waals surface area contributed by atoms with Gasteiger partial charge in [0.25, 0.3) is 0 Å². The van der Waals surface area contributed by atoms with E-state index in [1.165, 1.54) is 25.1 Å². The molecular formula is C15H14ClN3O4. The Balaban J connectivity index is 0.000000238. The molecule has 0 bridgehead atoms. The van der Waals surface area contributed by atoms with Crippen LogP contribution in [0.15, 0.2) is 42.5 Å². The quantitative estimate of drug-likeness (QED) is 0.451. The highest BCUT2D eigenvalue weighted by molar-refractivity contribution is 6.30. The molecule has 0 fully saturated rings. The third-order valence-corrected chi connectivity index (χ3v) is 3.00. The van der Waals surface area contributed by atoms with Crippen molar-refractivity contribution >= 4 is 28.9 Å². The highest BCUT2D eigenvalue weighted by Gasteiger charge is 2.16. The number of aromatic hydroxyl groups is 1. The fourth-order valence-corrected chi connectivity index (χ4v) is 1.72. The molecule has 2 aromatic rings. The molecule has 0 aliphatic rings. The number of primary amides is 1. The second-order valence-corrected chi connectivity index (χ2v) is 4.86. The van der Waals surface area contributed by atoms with Gasteiger partial charge in [-0.3, -0.25) is 14.9 Å². The van der Waals surface area contributed by atoms with Gasteiger partial charge in [-0.05, 0) is 37.3 Å². The molecular weight excluding hydrogens is 322 g/mol. The first-order chi connectivity index (χ1) is 10.7. The van der Waals surface area contributed by atoms with Crippen LogP contribution in [0.5, 0.6) is 5.75 Å². The van der Waals surface area contributed by atoms with Gasteiger partial charge in [-0.15, -0.1) is 0 Å². The molecule has 0 radical (unpaired) electrons. The standard InChI is InChI=1S/C8H8N2O3.C7H6ClNO/c1-5(9)6-3-2-4-7(8(6)11)10(12)13;8-6-3-1-5(2-4-6)7(9)10/h2-4,9,11H,1H3;1-4H,(H2,9,10). The zero-order valence-corrected chi connectivity index (χ0v) is 12.9. The highest BCUT2D eigenvalue weighted by Crippen LogP contribution is 2.29. The normalized spacial score (nSPS) is 9.48. The minimum absolute atomic E-state index is 0.0983. The summed E-state index contributed by atoms with van der Waals surface area (Å²) in [5, 5.41) is 27.6. The fraction of sp³-hybridized carbons (Fsp3) is 0.0667. The van der Waals surface area contributed by atoms with Crippen molar-refractivity contribution in [2.24, 2.45) is 5.73 Å². The molecule has 2 rings (SSSR count). The Morgan fingerprint density at radius 2 is 1.83 bits per heavy atom. The summed E-state index contributed by atoms with van der Waals surface area (Å²) in [6, 6.07) is 10.5. The Hall–Kier alpha value is -2.93. The number of rotatable bonds is 3. The van der Waals surface area contributed by atoms with Crippen molar-refractivity contribution < 1.29 is 14.8 Å². The lowest BCUT2D eigenvalue weighted by atomic mass is 10.1. The maximum Gasteiger partial charge on any atom is 0.311 e. The van der Waals surface area contributed by atoms with E-state index in [0.29, 0.717) is 10.6 Å². The number of hydrogen-bond donors (Lipinski definition) is 3. The molecule has 0 aliphatic heterocycles. The minimum Gasteiger partial charge on any atom is -0.502 e. The van der Waals surface area contributed by atoms with Gasteiger partial charge in [0.05, 0.1) is 4.92 Å². The third kappa shape index (κ3) is 5.08. The van der Waals surface area contributed by atoms with Gasteiger partial charge in [-0.25, -0.2) is 0 Å². The smallest absolute Gasteiger partial charge is 0.311 e. The molecule has 120 valence electrons. The number of benzene rings is 2. The van der Waals surface area contributed by atoms with Crippen molar-refractivity contribution in [3.05, 3.63) is 68.7 Å².